The van der Waals surface area contributed by atoms with Gasteiger partial charge in [0.2, 0.25) is 5.91 Å². The van der Waals surface area contributed by atoms with Gasteiger partial charge in [0.05, 0.1) is 26.3 Å². The molecule has 0 saturated carbocycles. The summed E-state index contributed by atoms with van der Waals surface area (Å²) in [6.45, 7) is 4.34. The van der Waals surface area contributed by atoms with Gasteiger partial charge in [-0.3, -0.25) is 9.59 Å². The fourth-order valence-electron chi connectivity index (χ4n) is 3.50. The van der Waals surface area contributed by atoms with Crippen molar-refractivity contribution in [2.24, 2.45) is 0 Å². The van der Waals surface area contributed by atoms with Gasteiger partial charge in [-0.05, 0) is 55.1 Å². The fraction of sp³-hybridized carbons (Fsp3) is 0.308. The number of amides is 2. The minimum Gasteiger partial charge on any atom is -0.497 e. The van der Waals surface area contributed by atoms with Gasteiger partial charge in [0.1, 0.15) is 23.9 Å². The maximum atomic E-state index is 13.5. The zero-order valence-corrected chi connectivity index (χ0v) is 20.6. The summed E-state index contributed by atoms with van der Waals surface area (Å²) in [4.78, 5) is 31.1. The molecule has 3 aromatic rings. The van der Waals surface area contributed by atoms with Crippen molar-refractivity contribution < 1.29 is 23.5 Å². The Morgan fingerprint density at radius 1 is 1.00 bits per heavy atom. The zero-order chi connectivity index (χ0) is 24.7. The molecular formula is C26H29FN2O4S. The van der Waals surface area contributed by atoms with Gasteiger partial charge < -0.3 is 19.3 Å². The molecule has 0 saturated heterocycles. The molecule has 0 N–H and O–H groups in total. The van der Waals surface area contributed by atoms with Gasteiger partial charge in [-0.2, -0.15) is 0 Å². The Morgan fingerprint density at radius 2 is 1.74 bits per heavy atom. The predicted molar refractivity (Wildman–Crippen MR) is 131 cm³/mol. The molecule has 0 radical (unpaired) electrons. The van der Waals surface area contributed by atoms with E-state index in [9.17, 15) is 14.0 Å². The number of nitrogens with zero attached hydrogens (tertiary/aromatic N) is 2. The van der Waals surface area contributed by atoms with Crippen LogP contribution in [0.5, 0.6) is 11.5 Å². The van der Waals surface area contributed by atoms with E-state index in [-0.39, 0.29) is 30.2 Å². The molecule has 0 atom stereocenters. The third kappa shape index (κ3) is 6.35. The van der Waals surface area contributed by atoms with E-state index < -0.39 is 0 Å². The summed E-state index contributed by atoms with van der Waals surface area (Å²) in [5.41, 5.74) is 1.17. The lowest BCUT2D eigenvalue weighted by Crippen LogP contribution is -2.45. The smallest absolute Gasteiger partial charge is 0.258 e. The average Bonchev–Trinajstić information content (AvgIpc) is 3.35. The summed E-state index contributed by atoms with van der Waals surface area (Å²) < 4.78 is 24.0. The molecule has 1 heterocycles. The van der Waals surface area contributed by atoms with Gasteiger partial charge in [-0.25, -0.2) is 4.39 Å². The number of benzene rings is 2. The van der Waals surface area contributed by atoms with Crippen molar-refractivity contribution in [2.45, 2.75) is 33.0 Å². The summed E-state index contributed by atoms with van der Waals surface area (Å²) in [5, 5.41) is 1.95. The van der Waals surface area contributed by atoms with Crippen molar-refractivity contribution in [1.82, 2.24) is 9.80 Å². The molecule has 0 unspecified atom stereocenters. The molecule has 2 aromatic carbocycles. The van der Waals surface area contributed by atoms with E-state index >= 15 is 0 Å². The lowest BCUT2D eigenvalue weighted by Gasteiger charge is -2.30. The first kappa shape index (κ1) is 25.2. The molecule has 0 bridgehead atoms. The number of hydrogen-bond donors (Lipinski definition) is 0. The van der Waals surface area contributed by atoms with Crippen LogP contribution in [-0.2, 0) is 17.9 Å². The van der Waals surface area contributed by atoms with Crippen LogP contribution in [0.3, 0.4) is 0 Å². The van der Waals surface area contributed by atoms with Crippen LogP contribution in [0.15, 0.2) is 60.0 Å². The molecular weight excluding hydrogens is 455 g/mol. The van der Waals surface area contributed by atoms with Gasteiger partial charge in [-0.15, -0.1) is 11.3 Å². The summed E-state index contributed by atoms with van der Waals surface area (Å²) >= 11 is 1.56. The first-order valence-electron chi connectivity index (χ1n) is 10.9. The lowest BCUT2D eigenvalue weighted by molar-refractivity contribution is -0.133. The highest BCUT2D eigenvalue weighted by Gasteiger charge is 2.27. The Labute approximate surface area is 203 Å². The Kier molecular flexibility index (Phi) is 8.65. The van der Waals surface area contributed by atoms with Crippen LogP contribution in [-0.4, -0.2) is 48.4 Å². The standard InChI is InChI=1S/C26H29FN2O4S/c1-18(2)29(26(31)23-12-11-21(32-3)14-24(23)33-4)17-25(30)28(16-22-6-5-13-34-22)15-19-7-9-20(27)10-8-19/h5-14,18H,15-17H2,1-4H3. The maximum absolute atomic E-state index is 13.5. The van der Waals surface area contributed by atoms with Crippen LogP contribution in [0.25, 0.3) is 0 Å². The van der Waals surface area contributed by atoms with Gasteiger partial charge in [0, 0.05) is 23.5 Å². The van der Waals surface area contributed by atoms with E-state index in [2.05, 4.69) is 0 Å². The van der Waals surface area contributed by atoms with Crippen LogP contribution in [0.2, 0.25) is 0 Å². The normalized spacial score (nSPS) is 10.8. The minimum atomic E-state index is -0.329. The van der Waals surface area contributed by atoms with Crippen LogP contribution < -0.4 is 9.47 Å². The Hall–Kier alpha value is -3.39. The Balaban J connectivity index is 1.84. The quantitative estimate of drug-likeness (QED) is 0.407. The SMILES string of the molecule is COc1ccc(C(=O)N(CC(=O)N(Cc2ccc(F)cc2)Cc2cccs2)C(C)C)c(OC)c1. The second-order valence-electron chi connectivity index (χ2n) is 8.05. The zero-order valence-electron chi connectivity index (χ0n) is 19.8. The molecule has 8 heteroatoms. The van der Waals surface area contributed by atoms with Crippen molar-refractivity contribution in [2.75, 3.05) is 20.8 Å². The molecule has 0 aliphatic carbocycles. The number of carbonyl (C=O) groups is 2. The Bertz CT molecular complexity index is 1100. The van der Waals surface area contributed by atoms with Crippen molar-refractivity contribution in [3.8, 4) is 11.5 Å². The number of methoxy groups -OCH3 is 2. The van der Waals surface area contributed by atoms with E-state index in [0.717, 1.165) is 10.4 Å². The summed E-state index contributed by atoms with van der Waals surface area (Å²) in [6, 6.07) is 14.7. The number of hydrogen-bond acceptors (Lipinski definition) is 5. The topological polar surface area (TPSA) is 59.1 Å². The summed E-state index contributed by atoms with van der Waals surface area (Å²) in [5.74, 6) is 0.115. The van der Waals surface area contributed by atoms with Gasteiger partial charge in [-0.1, -0.05) is 18.2 Å². The van der Waals surface area contributed by atoms with E-state index in [4.69, 9.17) is 9.47 Å². The van der Waals surface area contributed by atoms with Gasteiger partial charge in [0.25, 0.3) is 5.91 Å². The van der Waals surface area contributed by atoms with E-state index in [1.807, 2.05) is 31.4 Å². The first-order chi connectivity index (χ1) is 16.3. The molecule has 1 aromatic heterocycles. The lowest BCUT2D eigenvalue weighted by atomic mass is 10.1. The van der Waals surface area contributed by atoms with Crippen LogP contribution in [0.1, 0.15) is 34.6 Å². The maximum Gasteiger partial charge on any atom is 0.258 e. The molecule has 0 fully saturated rings. The number of ether oxygens (including phenoxy) is 2. The molecule has 3 rings (SSSR count). The van der Waals surface area contributed by atoms with Crippen LogP contribution >= 0.6 is 11.3 Å². The van der Waals surface area contributed by atoms with E-state index in [1.54, 1.807) is 53.7 Å². The third-order valence-electron chi connectivity index (χ3n) is 5.40. The Morgan fingerprint density at radius 3 is 2.32 bits per heavy atom. The average molecular weight is 485 g/mol. The highest BCUT2D eigenvalue weighted by Crippen LogP contribution is 2.26. The van der Waals surface area contributed by atoms with Gasteiger partial charge in [0.15, 0.2) is 0 Å². The summed E-state index contributed by atoms with van der Waals surface area (Å²) in [6.07, 6.45) is 0. The molecule has 180 valence electrons. The highest BCUT2D eigenvalue weighted by atomic mass is 32.1. The van der Waals surface area contributed by atoms with Crippen molar-refractivity contribution in [3.05, 3.63) is 81.8 Å². The largest absolute Gasteiger partial charge is 0.497 e. The number of thiophene rings is 1. The molecule has 6 nitrogen and oxygen atoms in total. The second kappa shape index (κ2) is 11.7. The monoisotopic (exact) mass is 484 g/mol. The molecule has 2 amide bonds. The summed E-state index contributed by atoms with van der Waals surface area (Å²) in [7, 11) is 3.03. The minimum absolute atomic E-state index is 0.0990. The second-order valence-corrected chi connectivity index (χ2v) is 9.08. The van der Waals surface area contributed by atoms with E-state index in [1.165, 1.54) is 24.1 Å². The van der Waals surface area contributed by atoms with E-state index in [0.29, 0.717) is 30.2 Å². The predicted octanol–water partition coefficient (Wildman–Crippen LogP) is 4.98. The van der Waals surface area contributed by atoms with Crippen molar-refractivity contribution >= 4 is 23.2 Å². The van der Waals surface area contributed by atoms with Crippen LogP contribution in [0, 0.1) is 5.82 Å². The first-order valence-corrected chi connectivity index (χ1v) is 11.8. The molecule has 0 spiro atoms. The fourth-order valence-corrected chi connectivity index (χ4v) is 4.22. The molecule has 34 heavy (non-hydrogen) atoms. The van der Waals surface area contributed by atoms with Crippen molar-refractivity contribution in [1.29, 1.82) is 0 Å². The van der Waals surface area contributed by atoms with Crippen LogP contribution in [0.4, 0.5) is 4.39 Å². The highest BCUT2D eigenvalue weighted by molar-refractivity contribution is 7.09. The number of halogens is 1. The number of carbonyl (C=O) groups excluding carboxylic acids is 2. The molecule has 0 aliphatic heterocycles. The molecule has 0 aliphatic rings. The van der Waals surface area contributed by atoms with Gasteiger partial charge >= 0.3 is 0 Å². The van der Waals surface area contributed by atoms with Crippen molar-refractivity contribution in [3.63, 3.8) is 0 Å². The third-order valence-corrected chi connectivity index (χ3v) is 6.26. The number of rotatable bonds is 10.